The van der Waals surface area contributed by atoms with Crippen LogP contribution < -0.4 is 5.32 Å². The van der Waals surface area contributed by atoms with Crippen molar-refractivity contribution in [3.05, 3.63) is 107 Å². The maximum absolute atomic E-state index is 12.9. The molecule has 180 valence electrons. The monoisotopic (exact) mass is 489 g/mol. The Hall–Kier alpha value is -3.59. The number of rotatable bonds is 8. The molecule has 1 saturated heterocycles. The van der Waals surface area contributed by atoms with Gasteiger partial charge < -0.3 is 5.32 Å². The maximum Gasteiger partial charge on any atom is 0.238 e. The van der Waals surface area contributed by atoms with E-state index in [9.17, 15) is 18.0 Å². The molecular formula is C27H27N3O4S. The molecule has 0 spiro atoms. The highest BCUT2D eigenvalue weighted by Gasteiger charge is 2.26. The second-order valence-electron chi connectivity index (χ2n) is 8.22. The molecular weight excluding hydrogens is 462 g/mol. The second kappa shape index (κ2) is 11.2. The fraction of sp³-hybridized carbons (Fsp3) is 0.185. The van der Waals surface area contributed by atoms with Crippen LogP contribution in [0.1, 0.15) is 21.5 Å². The predicted octanol–water partition coefficient (Wildman–Crippen LogP) is 3.47. The molecule has 1 fully saturated rings. The Morgan fingerprint density at radius 2 is 1.40 bits per heavy atom. The van der Waals surface area contributed by atoms with Gasteiger partial charge in [-0.1, -0.05) is 72.8 Å². The topological polar surface area (TPSA) is 86.8 Å². The number of carbonyl (C=O) groups is 2. The zero-order chi connectivity index (χ0) is 24.7. The maximum atomic E-state index is 12.9. The Morgan fingerprint density at radius 3 is 2.09 bits per heavy atom. The molecule has 4 rings (SSSR count). The van der Waals surface area contributed by atoms with E-state index >= 15 is 0 Å². The number of para-hydroxylation sites is 1. The first-order valence-corrected chi connectivity index (χ1v) is 12.9. The summed E-state index contributed by atoms with van der Waals surface area (Å²) in [6.07, 6.45) is 1.59. The number of hydrogen-bond acceptors (Lipinski definition) is 5. The van der Waals surface area contributed by atoms with Crippen LogP contribution in [0.3, 0.4) is 0 Å². The Labute approximate surface area is 205 Å². The van der Waals surface area contributed by atoms with Crippen molar-refractivity contribution in [2.24, 2.45) is 0 Å². The van der Waals surface area contributed by atoms with E-state index in [-0.39, 0.29) is 18.2 Å². The van der Waals surface area contributed by atoms with Crippen LogP contribution in [0.15, 0.2) is 90.3 Å². The van der Waals surface area contributed by atoms with Crippen molar-refractivity contribution < 1.29 is 18.0 Å². The van der Waals surface area contributed by atoms with Gasteiger partial charge in [0, 0.05) is 42.7 Å². The van der Waals surface area contributed by atoms with E-state index in [0.717, 1.165) is 5.56 Å². The van der Waals surface area contributed by atoms with Crippen LogP contribution in [0.25, 0.3) is 6.08 Å². The number of nitrogens with zero attached hydrogens (tertiary/aromatic N) is 2. The number of sulfonamides is 1. The lowest BCUT2D eigenvalue weighted by Crippen LogP contribution is -2.49. The molecule has 0 aliphatic carbocycles. The summed E-state index contributed by atoms with van der Waals surface area (Å²) >= 11 is 0. The Kier molecular flexibility index (Phi) is 7.87. The third-order valence-electron chi connectivity index (χ3n) is 5.77. The van der Waals surface area contributed by atoms with Crippen molar-refractivity contribution in [1.29, 1.82) is 0 Å². The molecule has 1 amide bonds. The molecule has 1 aliphatic heterocycles. The van der Waals surface area contributed by atoms with Gasteiger partial charge in [0.25, 0.3) is 0 Å². The molecule has 0 atom stereocenters. The third kappa shape index (κ3) is 6.51. The van der Waals surface area contributed by atoms with Crippen molar-refractivity contribution in [2.45, 2.75) is 0 Å². The molecule has 35 heavy (non-hydrogen) atoms. The molecule has 0 saturated carbocycles. The van der Waals surface area contributed by atoms with E-state index in [1.54, 1.807) is 54.6 Å². The van der Waals surface area contributed by atoms with Crippen LogP contribution in [-0.4, -0.2) is 62.0 Å². The molecule has 0 radical (unpaired) electrons. The summed E-state index contributed by atoms with van der Waals surface area (Å²) in [5, 5.41) is 4.07. The quantitative estimate of drug-likeness (QED) is 0.490. The van der Waals surface area contributed by atoms with Gasteiger partial charge in [-0.2, -0.15) is 4.31 Å². The number of nitrogens with one attached hydrogen (secondary N) is 1. The lowest BCUT2D eigenvalue weighted by molar-refractivity contribution is -0.117. The van der Waals surface area contributed by atoms with Crippen molar-refractivity contribution in [1.82, 2.24) is 9.21 Å². The van der Waals surface area contributed by atoms with E-state index < -0.39 is 10.0 Å². The molecule has 7 nitrogen and oxygen atoms in total. The number of piperazine rings is 1. The van der Waals surface area contributed by atoms with Crippen LogP contribution in [0.4, 0.5) is 5.69 Å². The van der Waals surface area contributed by atoms with Gasteiger partial charge in [0.1, 0.15) is 0 Å². The zero-order valence-electron chi connectivity index (χ0n) is 19.2. The lowest BCUT2D eigenvalue weighted by Gasteiger charge is -2.32. The van der Waals surface area contributed by atoms with E-state index in [4.69, 9.17) is 0 Å². The average molecular weight is 490 g/mol. The summed E-state index contributed by atoms with van der Waals surface area (Å²) in [6, 6.07) is 25.1. The normalized spacial score (nSPS) is 15.2. The zero-order valence-corrected chi connectivity index (χ0v) is 20.0. The average Bonchev–Trinajstić information content (AvgIpc) is 2.89. The molecule has 1 N–H and O–H groups in total. The molecule has 0 aromatic heterocycles. The minimum atomic E-state index is -3.54. The number of hydrogen-bond donors (Lipinski definition) is 1. The summed E-state index contributed by atoms with van der Waals surface area (Å²) in [5.74, 6) is -0.414. The lowest BCUT2D eigenvalue weighted by atomic mass is 10.0. The summed E-state index contributed by atoms with van der Waals surface area (Å²) in [7, 11) is -3.54. The van der Waals surface area contributed by atoms with Gasteiger partial charge in [0.05, 0.1) is 12.2 Å². The Morgan fingerprint density at radius 1 is 0.800 bits per heavy atom. The fourth-order valence-electron chi connectivity index (χ4n) is 3.88. The summed E-state index contributed by atoms with van der Waals surface area (Å²) < 4.78 is 26.7. The molecule has 3 aromatic carbocycles. The van der Waals surface area contributed by atoms with Crippen molar-refractivity contribution >= 4 is 33.5 Å². The van der Waals surface area contributed by atoms with Gasteiger partial charge in [0.15, 0.2) is 5.78 Å². The van der Waals surface area contributed by atoms with Crippen LogP contribution >= 0.6 is 0 Å². The highest BCUT2D eigenvalue weighted by Crippen LogP contribution is 2.19. The van der Waals surface area contributed by atoms with Crippen LogP contribution in [-0.2, 0) is 14.8 Å². The van der Waals surface area contributed by atoms with Crippen molar-refractivity contribution in [3.8, 4) is 0 Å². The molecule has 1 aliphatic rings. The van der Waals surface area contributed by atoms with E-state index in [0.29, 0.717) is 43.0 Å². The van der Waals surface area contributed by atoms with Gasteiger partial charge in [-0.25, -0.2) is 8.42 Å². The van der Waals surface area contributed by atoms with Crippen molar-refractivity contribution in [2.75, 3.05) is 38.0 Å². The van der Waals surface area contributed by atoms with Gasteiger partial charge >= 0.3 is 0 Å². The number of anilines is 1. The van der Waals surface area contributed by atoms with E-state index in [1.807, 2.05) is 41.3 Å². The Balaban J connectivity index is 1.32. The van der Waals surface area contributed by atoms with Crippen LogP contribution in [0.2, 0.25) is 0 Å². The van der Waals surface area contributed by atoms with E-state index in [1.165, 1.54) is 9.71 Å². The Bertz CT molecular complexity index is 1300. The second-order valence-corrected chi connectivity index (χ2v) is 10.0. The standard InChI is InChI=1S/C27H27N3O4S/c31-26(28-25-14-8-7-13-24(25)27(32)23-11-5-2-6-12-23)21-29-16-18-30(19-17-29)35(33,34)20-15-22-9-3-1-4-10-22/h1-15,20H,16-19,21H2,(H,28,31)/b20-15+. The highest BCUT2D eigenvalue weighted by molar-refractivity contribution is 7.92. The third-order valence-corrected chi connectivity index (χ3v) is 7.34. The van der Waals surface area contributed by atoms with Crippen molar-refractivity contribution in [3.63, 3.8) is 0 Å². The first-order valence-electron chi connectivity index (χ1n) is 11.4. The van der Waals surface area contributed by atoms with Gasteiger partial charge in [-0.3, -0.25) is 14.5 Å². The number of ketones is 1. The molecule has 0 unspecified atom stereocenters. The van der Waals surface area contributed by atoms with Gasteiger partial charge in [-0.05, 0) is 23.8 Å². The number of amides is 1. The van der Waals surface area contributed by atoms with Gasteiger partial charge in [0.2, 0.25) is 15.9 Å². The largest absolute Gasteiger partial charge is 0.324 e. The molecule has 0 bridgehead atoms. The predicted molar refractivity (Wildman–Crippen MR) is 137 cm³/mol. The van der Waals surface area contributed by atoms with E-state index in [2.05, 4.69) is 5.32 Å². The van der Waals surface area contributed by atoms with Crippen LogP contribution in [0, 0.1) is 0 Å². The number of carbonyl (C=O) groups excluding carboxylic acids is 2. The van der Waals surface area contributed by atoms with Gasteiger partial charge in [-0.15, -0.1) is 0 Å². The summed E-state index contributed by atoms with van der Waals surface area (Å²) in [6.45, 7) is 1.60. The summed E-state index contributed by atoms with van der Waals surface area (Å²) in [5.41, 5.74) is 2.25. The molecule has 1 heterocycles. The SMILES string of the molecule is O=C(CN1CCN(S(=O)(=O)/C=C/c2ccccc2)CC1)Nc1ccccc1C(=O)c1ccccc1. The molecule has 8 heteroatoms. The smallest absolute Gasteiger partial charge is 0.238 e. The number of benzene rings is 3. The highest BCUT2D eigenvalue weighted by atomic mass is 32.2. The first-order chi connectivity index (χ1) is 16.9. The fourth-order valence-corrected chi connectivity index (χ4v) is 5.06. The van der Waals surface area contributed by atoms with Crippen LogP contribution in [0.5, 0.6) is 0 Å². The molecule has 3 aromatic rings. The first kappa shape index (κ1) is 24.5. The summed E-state index contributed by atoms with van der Waals surface area (Å²) in [4.78, 5) is 27.5. The minimum absolute atomic E-state index is 0.113. The minimum Gasteiger partial charge on any atom is -0.324 e.